The Balaban J connectivity index is 2.09. The van der Waals surface area contributed by atoms with E-state index < -0.39 is 0 Å². The van der Waals surface area contributed by atoms with Crippen molar-refractivity contribution in [3.8, 4) is 0 Å². The molecule has 1 aromatic rings. The fourth-order valence-corrected chi connectivity index (χ4v) is 2.04. The first-order valence-corrected chi connectivity index (χ1v) is 5.25. The van der Waals surface area contributed by atoms with Gasteiger partial charge in [0.05, 0.1) is 18.3 Å². The van der Waals surface area contributed by atoms with Gasteiger partial charge in [0.15, 0.2) is 0 Å². The number of nitrogens with one attached hydrogen (secondary N) is 1. The van der Waals surface area contributed by atoms with Crippen LogP contribution in [0.25, 0.3) is 0 Å². The van der Waals surface area contributed by atoms with E-state index in [9.17, 15) is 4.79 Å². The van der Waals surface area contributed by atoms with E-state index in [0.717, 1.165) is 18.7 Å². The number of nitrogens with zero attached hydrogens (tertiary/aromatic N) is 1. The van der Waals surface area contributed by atoms with E-state index in [-0.39, 0.29) is 18.0 Å². The monoisotopic (exact) mass is 208 g/mol. The molecule has 2 heterocycles. The topological polar surface area (TPSA) is 45.5 Å². The minimum absolute atomic E-state index is 0.0255. The van der Waals surface area contributed by atoms with Gasteiger partial charge in [-0.05, 0) is 32.5 Å². The molecule has 0 aliphatic carbocycles. The van der Waals surface area contributed by atoms with E-state index in [1.54, 1.807) is 6.26 Å². The van der Waals surface area contributed by atoms with E-state index in [4.69, 9.17) is 4.42 Å². The smallest absolute Gasteiger partial charge is 0.240 e. The Morgan fingerprint density at radius 3 is 3.00 bits per heavy atom. The summed E-state index contributed by atoms with van der Waals surface area (Å²) in [6, 6.07) is 3.76. The molecule has 1 saturated heterocycles. The molecule has 2 rings (SSSR count). The number of carbonyl (C=O) groups excluding carboxylic acids is 1. The van der Waals surface area contributed by atoms with Crippen molar-refractivity contribution in [3.05, 3.63) is 24.2 Å². The van der Waals surface area contributed by atoms with E-state index in [1.165, 1.54) is 0 Å². The highest BCUT2D eigenvalue weighted by Gasteiger charge is 2.34. The van der Waals surface area contributed by atoms with Crippen molar-refractivity contribution >= 4 is 5.91 Å². The van der Waals surface area contributed by atoms with Crippen LogP contribution < -0.4 is 5.32 Å². The summed E-state index contributed by atoms with van der Waals surface area (Å²) in [5, 5.41) is 3.02. The third-order valence-corrected chi connectivity index (χ3v) is 3.01. The minimum Gasteiger partial charge on any atom is -0.467 e. The zero-order valence-corrected chi connectivity index (χ0v) is 9.06. The van der Waals surface area contributed by atoms with Gasteiger partial charge in [0.1, 0.15) is 5.76 Å². The number of hydrogen-bond acceptors (Lipinski definition) is 3. The van der Waals surface area contributed by atoms with Crippen LogP contribution in [0.3, 0.4) is 0 Å². The van der Waals surface area contributed by atoms with Gasteiger partial charge in [0.25, 0.3) is 0 Å². The highest BCUT2D eigenvalue weighted by molar-refractivity contribution is 5.84. The Labute approximate surface area is 89.2 Å². The molecule has 1 aliphatic rings. The number of hydrogen-bond donors (Lipinski definition) is 1. The van der Waals surface area contributed by atoms with Gasteiger partial charge < -0.3 is 14.6 Å². The largest absolute Gasteiger partial charge is 0.467 e. The molecular formula is C11H16N2O2. The zero-order chi connectivity index (χ0) is 10.8. The molecule has 2 unspecified atom stereocenters. The summed E-state index contributed by atoms with van der Waals surface area (Å²) in [7, 11) is 1.82. The molecule has 0 aromatic carbocycles. The minimum atomic E-state index is -0.0255. The molecule has 0 saturated carbocycles. The van der Waals surface area contributed by atoms with E-state index in [2.05, 4.69) is 5.32 Å². The molecule has 0 radical (unpaired) electrons. The molecule has 1 fully saturated rings. The summed E-state index contributed by atoms with van der Waals surface area (Å²) in [5.41, 5.74) is 0. The lowest BCUT2D eigenvalue weighted by molar-refractivity contribution is -0.131. The van der Waals surface area contributed by atoms with Crippen LogP contribution >= 0.6 is 0 Å². The Kier molecular flexibility index (Phi) is 2.77. The van der Waals surface area contributed by atoms with Crippen LogP contribution in [0.15, 0.2) is 22.8 Å². The number of carbonyl (C=O) groups is 1. The van der Waals surface area contributed by atoms with Crippen LogP contribution in [-0.2, 0) is 4.79 Å². The molecule has 1 aromatic heterocycles. The number of likely N-dealkylation sites (N-methyl/N-ethyl adjacent to an activating group) is 1. The average Bonchev–Trinajstić information content (AvgIpc) is 2.85. The van der Waals surface area contributed by atoms with Crippen molar-refractivity contribution < 1.29 is 9.21 Å². The average molecular weight is 208 g/mol. The normalized spacial score (nSPS) is 23.5. The summed E-state index contributed by atoms with van der Waals surface area (Å²) in [6.07, 6.45) is 2.52. The maximum Gasteiger partial charge on any atom is 0.240 e. The van der Waals surface area contributed by atoms with Crippen LogP contribution in [-0.4, -0.2) is 30.4 Å². The fraction of sp³-hybridized carbons (Fsp3) is 0.545. The quantitative estimate of drug-likeness (QED) is 0.810. The molecule has 1 amide bonds. The second kappa shape index (κ2) is 4.06. The molecule has 82 valence electrons. The van der Waals surface area contributed by atoms with Crippen LogP contribution in [0.5, 0.6) is 0 Å². The van der Waals surface area contributed by atoms with Gasteiger partial charge in [0, 0.05) is 6.54 Å². The van der Waals surface area contributed by atoms with Crippen LogP contribution in [0, 0.1) is 0 Å². The predicted octanol–water partition coefficient (Wildman–Crippen LogP) is 1.16. The maximum atomic E-state index is 11.9. The molecule has 4 heteroatoms. The predicted molar refractivity (Wildman–Crippen MR) is 56.3 cm³/mol. The first-order valence-electron chi connectivity index (χ1n) is 5.25. The first kappa shape index (κ1) is 10.2. The molecule has 15 heavy (non-hydrogen) atoms. The SMILES string of the molecule is CNC1CCN(C(C)c2ccco2)C1=O. The fourth-order valence-electron chi connectivity index (χ4n) is 2.04. The molecule has 2 atom stereocenters. The van der Waals surface area contributed by atoms with Crippen molar-refractivity contribution in [2.45, 2.75) is 25.4 Å². The lowest BCUT2D eigenvalue weighted by Gasteiger charge is -2.22. The third-order valence-electron chi connectivity index (χ3n) is 3.01. The van der Waals surface area contributed by atoms with E-state index in [1.807, 2.05) is 31.0 Å². The molecule has 0 spiro atoms. The number of furan rings is 1. The Hall–Kier alpha value is -1.29. The third kappa shape index (κ3) is 1.77. The number of amides is 1. The summed E-state index contributed by atoms with van der Waals surface area (Å²) in [4.78, 5) is 13.8. The van der Waals surface area contributed by atoms with Gasteiger partial charge in [-0.15, -0.1) is 0 Å². The summed E-state index contributed by atoms with van der Waals surface area (Å²) < 4.78 is 5.31. The summed E-state index contributed by atoms with van der Waals surface area (Å²) >= 11 is 0. The van der Waals surface area contributed by atoms with Crippen molar-refractivity contribution in [2.24, 2.45) is 0 Å². The van der Waals surface area contributed by atoms with Gasteiger partial charge >= 0.3 is 0 Å². The van der Waals surface area contributed by atoms with Gasteiger partial charge in [-0.2, -0.15) is 0 Å². The highest BCUT2D eigenvalue weighted by Crippen LogP contribution is 2.25. The van der Waals surface area contributed by atoms with Gasteiger partial charge in [-0.3, -0.25) is 4.79 Å². The Morgan fingerprint density at radius 1 is 1.67 bits per heavy atom. The van der Waals surface area contributed by atoms with Gasteiger partial charge in [-0.1, -0.05) is 0 Å². The van der Waals surface area contributed by atoms with Crippen molar-refractivity contribution in [3.63, 3.8) is 0 Å². The maximum absolute atomic E-state index is 11.9. The molecule has 4 nitrogen and oxygen atoms in total. The number of rotatable bonds is 3. The highest BCUT2D eigenvalue weighted by atomic mass is 16.3. The van der Waals surface area contributed by atoms with Crippen molar-refractivity contribution in [2.75, 3.05) is 13.6 Å². The zero-order valence-electron chi connectivity index (χ0n) is 9.06. The Bertz CT molecular complexity index is 334. The van der Waals surface area contributed by atoms with Crippen LogP contribution in [0.4, 0.5) is 0 Å². The molecule has 1 N–H and O–H groups in total. The van der Waals surface area contributed by atoms with E-state index >= 15 is 0 Å². The summed E-state index contributed by atoms with van der Waals surface area (Å²) in [6.45, 7) is 2.79. The molecule has 1 aliphatic heterocycles. The van der Waals surface area contributed by atoms with Crippen molar-refractivity contribution in [1.82, 2.24) is 10.2 Å². The standard InChI is InChI=1S/C11H16N2O2/c1-8(10-4-3-7-15-10)13-6-5-9(12-2)11(13)14/h3-4,7-9,12H,5-6H2,1-2H3. The Morgan fingerprint density at radius 2 is 2.47 bits per heavy atom. The lowest BCUT2D eigenvalue weighted by atomic mass is 10.2. The second-order valence-electron chi connectivity index (χ2n) is 3.85. The lowest BCUT2D eigenvalue weighted by Crippen LogP contribution is -2.37. The molecule has 0 bridgehead atoms. The van der Waals surface area contributed by atoms with Crippen molar-refractivity contribution in [1.29, 1.82) is 0 Å². The number of likely N-dealkylation sites (tertiary alicyclic amines) is 1. The van der Waals surface area contributed by atoms with Gasteiger partial charge in [-0.25, -0.2) is 0 Å². The van der Waals surface area contributed by atoms with Crippen LogP contribution in [0.2, 0.25) is 0 Å². The van der Waals surface area contributed by atoms with Crippen LogP contribution in [0.1, 0.15) is 25.1 Å². The summed E-state index contributed by atoms with van der Waals surface area (Å²) in [5.74, 6) is 1.02. The first-order chi connectivity index (χ1) is 7.24. The van der Waals surface area contributed by atoms with Gasteiger partial charge in [0.2, 0.25) is 5.91 Å². The van der Waals surface area contributed by atoms with E-state index in [0.29, 0.717) is 0 Å². The molecular weight excluding hydrogens is 192 g/mol. The second-order valence-corrected chi connectivity index (χ2v) is 3.85.